The first-order valence-electron chi connectivity index (χ1n) is 7.83. The first-order chi connectivity index (χ1) is 11.1. The smallest absolute Gasteiger partial charge is 0.336 e. The largest absolute Gasteiger partial charge is 0.478 e. The van der Waals surface area contributed by atoms with Crippen molar-refractivity contribution in [1.29, 1.82) is 0 Å². The van der Waals surface area contributed by atoms with E-state index >= 15 is 0 Å². The number of carboxylic acids is 1. The number of nitrogens with zero attached hydrogens (tertiary/aromatic N) is 1. The molecule has 2 heterocycles. The van der Waals surface area contributed by atoms with Gasteiger partial charge in [0.25, 0.3) is 5.91 Å². The Morgan fingerprint density at radius 2 is 1.87 bits per heavy atom. The van der Waals surface area contributed by atoms with Crippen LogP contribution < -0.4 is 0 Å². The van der Waals surface area contributed by atoms with Gasteiger partial charge < -0.3 is 10.0 Å². The summed E-state index contributed by atoms with van der Waals surface area (Å²) in [6.07, 6.45) is 0.818. The zero-order chi connectivity index (χ0) is 16.1. The fraction of sp³-hybridized carbons (Fsp3) is 0.263. The third kappa shape index (κ3) is 1.98. The van der Waals surface area contributed by atoms with Gasteiger partial charge in [-0.1, -0.05) is 43.3 Å². The van der Waals surface area contributed by atoms with Gasteiger partial charge in [0.05, 0.1) is 17.2 Å². The molecule has 0 aliphatic carbocycles. The van der Waals surface area contributed by atoms with Gasteiger partial charge in [-0.25, -0.2) is 4.79 Å². The Bertz CT molecular complexity index is 827. The molecular weight excluding hydrogens is 290 g/mol. The van der Waals surface area contributed by atoms with Crippen molar-refractivity contribution >= 4 is 11.9 Å². The Labute approximate surface area is 134 Å². The van der Waals surface area contributed by atoms with Gasteiger partial charge >= 0.3 is 5.97 Å². The predicted octanol–water partition coefficient (Wildman–Crippen LogP) is 3.59. The third-order valence-corrected chi connectivity index (χ3v) is 5.04. The number of amides is 1. The van der Waals surface area contributed by atoms with Crippen LogP contribution in [0.25, 0.3) is 0 Å². The lowest BCUT2D eigenvalue weighted by Gasteiger charge is -2.23. The van der Waals surface area contributed by atoms with Crippen LogP contribution in [-0.4, -0.2) is 21.9 Å². The Kier molecular flexibility index (Phi) is 3.01. The number of carbonyl (C=O) groups excluding carboxylic acids is 1. The lowest BCUT2D eigenvalue weighted by atomic mass is 9.89. The van der Waals surface area contributed by atoms with Gasteiger partial charge in [0.1, 0.15) is 0 Å². The van der Waals surface area contributed by atoms with E-state index in [0.717, 1.165) is 17.5 Å². The second-order valence-electron chi connectivity index (χ2n) is 6.36. The summed E-state index contributed by atoms with van der Waals surface area (Å²) < 4.78 is 0. The van der Waals surface area contributed by atoms with Crippen molar-refractivity contribution in [2.75, 3.05) is 0 Å². The molecule has 116 valence electrons. The number of hydrogen-bond acceptors (Lipinski definition) is 2. The van der Waals surface area contributed by atoms with Crippen LogP contribution in [0.4, 0.5) is 0 Å². The van der Waals surface area contributed by atoms with Crippen molar-refractivity contribution in [3.8, 4) is 0 Å². The number of fused-ring (bicyclic) bond motifs is 4. The Hall–Kier alpha value is -2.62. The summed E-state index contributed by atoms with van der Waals surface area (Å²) in [5.41, 5.74) is 3.78. The quantitative estimate of drug-likeness (QED) is 0.876. The van der Waals surface area contributed by atoms with Crippen LogP contribution in [-0.2, 0) is 6.54 Å². The average Bonchev–Trinajstić information content (AvgIpc) is 2.72. The molecule has 1 amide bonds. The Morgan fingerprint density at radius 3 is 2.65 bits per heavy atom. The molecule has 0 saturated heterocycles. The van der Waals surface area contributed by atoms with E-state index in [2.05, 4.69) is 19.1 Å². The van der Waals surface area contributed by atoms with E-state index in [1.807, 2.05) is 23.1 Å². The molecule has 4 nitrogen and oxygen atoms in total. The topological polar surface area (TPSA) is 57.6 Å². The van der Waals surface area contributed by atoms with Crippen molar-refractivity contribution < 1.29 is 14.7 Å². The maximum absolute atomic E-state index is 12.9. The fourth-order valence-corrected chi connectivity index (χ4v) is 3.96. The molecule has 1 N–H and O–H groups in total. The lowest BCUT2D eigenvalue weighted by Crippen LogP contribution is -2.27. The van der Waals surface area contributed by atoms with E-state index in [4.69, 9.17) is 0 Å². The summed E-state index contributed by atoms with van der Waals surface area (Å²) in [4.78, 5) is 26.2. The molecule has 23 heavy (non-hydrogen) atoms. The zero-order valence-electron chi connectivity index (χ0n) is 12.8. The van der Waals surface area contributed by atoms with E-state index in [-0.39, 0.29) is 17.5 Å². The fourth-order valence-electron chi connectivity index (χ4n) is 3.96. The summed E-state index contributed by atoms with van der Waals surface area (Å²) in [6.45, 7) is 2.71. The van der Waals surface area contributed by atoms with Gasteiger partial charge in [0, 0.05) is 6.54 Å². The standard InChI is InChI=1S/C19H17NO3/c1-11-9-16-14-7-4-8-15(19(22)23)17(14)18(21)20(16)10-12-5-2-3-6-13(11)12/h2-8,11,16H,9-10H2,1H3,(H,22,23)/t11-,16-/m0/s1. The SMILES string of the molecule is C[C@H]1C[C@H]2c3cccc(C(=O)O)c3C(=O)N2Cc2ccccc21. The molecule has 4 rings (SSSR count). The molecule has 2 aromatic rings. The van der Waals surface area contributed by atoms with Crippen LogP contribution in [0.1, 0.15) is 62.7 Å². The van der Waals surface area contributed by atoms with Crippen molar-refractivity contribution in [3.05, 3.63) is 70.3 Å². The molecule has 0 radical (unpaired) electrons. The molecule has 2 atom stereocenters. The van der Waals surface area contributed by atoms with Crippen LogP contribution in [0.5, 0.6) is 0 Å². The van der Waals surface area contributed by atoms with Crippen molar-refractivity contribution in [1.82, 2.24) is 4.90 Å². The predicted molar refractivity (Wildman–Crippen MR) is 85.5 cm³/mol. The normalized spacial score (nSPS) is 22.1. The number of hydrogen-bond donors (Lipinski definition) is 1. The van der Waals surface area contributed by atoms with Gasteiger partial charge in [-0.3, -0.25) is 4.79 Å². The van der Waals surface area contributed by atoms with E-state index in [1.54, 1.807) is 6.07 Å². The van der Waals surface area contributed by atoms with Crippen molar-refractivity contribution in [3.63, 3.8) is 0 Å². The molecular formula is C19H17NO3. The van der Waals surface area contributed by atoms with Crippen LogP contribution in [0.15, 0.2) is 42.5 Å². The van der Waals surface area contributed by atoms with Crippen LogP contribution in [0, 0.1) is 0 Å². The summed E-state index contributed by atoms with van der Waals surface area (Å²) >= 11 is 0. The minimum Gasteiger partial charge on any atom is -0.478 e. The van der Waals surface area contributed by atoms with Gasteiger partial charge in [-0.2, -0.15) is 0 Å². The highest BCUT2D eigenvalue weighted by molar-refractivity contribution is 6.08. The van der Waals surface area contributed by atoms with E-state index in [1.165, 1.54) is 11.6 Å². The van der Waals surface area contributed by atoms with Crippen molar-refractivity contribution in [2.45, 2.75) is 31.8 Å². The highest BCUT2D eigenvalue weighted by Gasteiger charge is 2.41. The van der Waals surface area contributed by atoms with Gasteiger partial charge in [-0.15, -0.1) is 0 Å². The van der Waals surface area contributed by atoms with E-state index in [0.29, 0.717) is 18.0 Å². The second-order valence-corrected chi connectivity index (χ2v) is 6.36. The minimum atomic E-state index is -1.04. The number of aromatic carboxylic acids is 1. The number of carboxylic acid groups (broad SMARTS) is 1. The lowest BCUT2D eigenvalue weighted by molar-refractivity contribution is 0.0666. The first-order valence-corrected chi connectivity index (χ1v) is 7.83. The van der Waals surface area contributed by atoms with Crippen LogP contribution in [0.2, 0.25) is 0 Å². The summed E-state index contributed by atoms with van der Waals surface area (Å²) in [5, 5.41) is 9.39. The molecule has 0 saturated carbocycles. The van der Waals surface area contributed by atoms with Crippen LogP contribution >= 0.6 is 0 Å². The molecule has 0 spiro atoms. The number of benzene rings is 2. The van der Waals surface area contributed by atoms with Gasteiger partial charge in [0.2, 0.25) is 0 Å². The molecule has 2 aromatic carbocycles. The monoisotopic (exact) mass is 307 g/mol. The molecule has 2 aliphatic heterocycles. The number of carbonyl (C=O) groups is 2. The zero-order valence-corrected chi connectivity index (χ0v) is 12.8. The third-order valence-electron chi connectivity index (χ3n) is 5.04. The summed E-state index contributed by atoms with van der Waals surface area (Å²) in [6, 6.07) is 13.3. The maximum atomic E-state index is 12.9. The van der Waals surface area contributed by atoms with E-state index in [9.17, 15) is 14.7 Å². The minimum absolute atomic E-state index is 0.0424. The molecule has 0 unspecified atom stereocenters. The average molecular weight is 307 g/mol. The molecule has 0 aromatic heterocycles. The Morgan fingerprint density at radius 1 is 1.13 bits per heavy atom. The highest BCUT2D eigenvalue weighted by Crippen LogP contribution is 2.45. The second kappa shape index (κ2) is 4.95. The summed E-state index contributed by atoms with van der Waals surface area (Å²) in [5.74, 6) is -0.873. The van der Waals surface area contributed by atoms with Crippen LogP contribution in [0.3, 0.4) is 0 Å². The first kappa shape index (κ1) is 14.0. The molecule has 4 heteroatoms. The van der Waals surface area contributed by atoms with Crippen molar-refractivity contribution in [2.24, 2.45) is 0 Å². The molecule has 0 bridgehead atoms. The van der Waals surface area contributed by atoms with Gasteiger partial charge in [0.15, 0.2) is 0 Å². The summed E-state index contributed by atoms with van der Waals surface area (Å²) in [7, 11) is 0. The maximum Gasteiger partial charge on any atom is 0.336 e. The molecule has 2 aliphatic rings. The Balaban J connectivity index is 1.85. The highest BCUT2D eigenvalue weighted by atomic mass is 16.4. The van der Waals surface area contributed by atoms with Gasteiger partial charge in [-0.05, 0) is 35.1 Å². The van der Waals surface area contributed by atoms with E-state index < -0.39 is 5.97 Å². The number of rotatable bonds is 1. The molecule has 0 fully saturated rings.